The summed E-state index contributed by atoms with van der Waals surface area (Å²) in [6.45, 7) is 6.37. The van der Waals surface area contributed by atoms with Crippen LogP contribution >= 0.6 is 0 Å². The van der Waals surface area contributed by atoms with E-state index in [4.69, 9.17) is 0 Å². The van der Waals surface area contributed by atoms with Crippen LogP contribution in [0.25, 0.3) is 0 Å². The average Bonchev–Trinajstić information content (AvgIpc) is 2.83. The summed E-state index contributed by atoms with van der Waals surface area (Å²) >= 11 is 0. The van der Waals surface area contributed by atoms with E-state index in [0.717, 1.165) is 38.0 Å². The Morgan fingerprint density at radius 2 is 1.86 bits per heavy atom. The maximum Gasteiger partial charge on any atom is 0.246 e. The Bertz CT molecular complexity index is 532. The highest BCUT2D eigenvalue weighted by Gasteiger charge is 2.37. The van der Waals surface area contributed by atoms with Gasteiger partial charge >= 0.3 is 0 Å². The summed E-state index contributed by atoms with van der Waals surface area (Å²) in [5.74, 6) is 0.172. The van der Waals surface area contributed by atoms with Gasteiger partial charge in [0, 0.05) is 11.3 Å². The van der Waals surface area contributed by atoms with Gasteiger partial charge in [-0.2, -0.15) is 0 Å². The molecule has 0 spiro atoms. The van der Waals surface area contributed by atoms with Crippen molar-refractivity contribution >= 4 is 11.6 Å². The number of rotatable bonds is 5. The van der Waals surface area contributed by atoms with E-state index in [9.17, 15) is 4.79 Å². The molecule has 1 heterocycles. The molecule has 0 saturated heterocycles. The van der Waals surface area contributed by atoms with Gasteiger partial charge in [0.05, 0.1) is 0 Å². The van der Waals surface area contributed by atoms with Crippen molar-refractivity contribution in [1.82, 2.24) is 4.90 Å². The molecule has 0 radical (unpaired) electrons. The Balaban J connectivity index is 2.02. The molecule has 1 amide bonds. The zero-order valence-electron chi connectivity index (χ0n) is 13.2. The monoisotopic (exact) mass is 286 g/mol. The summed E-state index contributed by atoms with van der Waals surface area (Å²) in [5.41, 5.74) is 5.27. The number of carbonyl (C=O) groups excluding carboxylic acids is 1. The number of fused-ring (bicyclic) bond motifs is 3. The lowest BCUT2D eigenvalue weighted by molar-refractivity contribution is -0.120. The smallest absolute Gasteiger partial charge is 0.246 e. The average molecular weight is 286 g/mol. The second kappa shape index (κ2) is 6.18. The third-order valence-electron chi connectivity index (χ3n) is 4.74. The van der Waals surface area contributed by atoms with E-state index in [0.29, 0.717) is 0 Å². The number of hydrogen-bond acceptors (Lipinski definition) is 2. The molecular weight excluding hydrogens is 260 g/mol. The molecular formula is C18H26N2O. The fourth-order valence-electron chi connectivity index (χ4n) is 3.90. The first-order valence-corrected chi connectivity index (χ1v) is 8.45. The summed E-state index contributed by atoms with van der Waals surface area (Å²) in [7, 11) is 0. The number of benzene rings is 1. The number of anilines is 1. The van der Waals surface area contributed by atoms with Gasteiger partial charge in [0.2, 0.25) is 5.91 Å². The van der Waals surface area contributed by atoms with Gasteiger partial charge in [-0.05, 0) is 68.8 Å². The lowest BCUT2D eigenvalue weighted by Crippen LogP contribution is -2.35. The second-order valence-corrected chi connectivity index (χ2v) is 6.30. The molecule has 114 valence electrons. The first-order chi connectivity index (χ1) is 10.3. The van der Waals surface area contributed by atoms with E-state index in [1.807, 2.05) is 0 Å². The summed E-state index contributed by atoms with van der Waals surface area (Å²) in [4.78, 5) is 14.9. The van der Waals surface area contributed by atoms with Crippen LogP contribution in [0, 0.1) is 0 Å². The summed E-state index contributed by atoms with van der Waals surface area (Å²) in [5, 5.41) is 3.11. The highest BCUT2D eigenvalue weighted by Crippen LogP contribution is 2.41. The SMILES string of the molecule is CCCN(CCC)C1C(=O)Nc2ccc3c(c21)CCCC3. The largest absolute Gasteiger partial charge is 0.324 e. The molecule has 3 rings (SSSR count). The zero-order valence-corrected chi connectivity index (χ0v) is 13.2. The van der Waals surface area contributed by atoms with Crippen LogP contribution in [0.5, 0.6) is 0 Å². The summed E-state index contributed by atoms with van der Waals surface area (Å²) < 4.78 is 0. The fraction of sp³-hybridized carbons (Fsp3) is 0.611. The van der Waals surface area contributed by atoms with Crippen LogP contribution in [-0.2, 0) is 17.6 Å². The third kappa shape index (κ3) is 2.59. The third-order valence-corrected chi connectivity index (χ3v) is 4.74. The molecule has 0 aromatic heterocycles. The van der Waals surface area contributed by atoms with E-state index in [1.165, 1.54) is 36.0 Å². The van der Waals surface area contributed by atoms with Gasteiger partial charge in [-0.25, -0.2) is 0 Å². The van der Waals surface area contributed by atoms with Crippen molar-refractivity contribution < 1.29 is 4.79 Å². The zero-order chi connectivity index (χ0) is 14.8. The Kier molecular flexibility index (Phi) is 4.29. The van der Waals surface area contributed by atoms with Gasteiger partial charge < -0.3 is 5.32 Å². The van der Waals surface area contributed by atoms with Gasteiger partial charge in [-0.3, -0.25) is 9.69 Å². The van der Waals surface area contributed by atoms with Crippen LogP contribution in [-0.4, -0.2) is 23.9 Å². The maximum absolute atomic E-state index is 12.6. The van der Waals surface area contributed by atoms with Gasteiger partial charge in [0.15, 0.2) is 0 Å². The quantitative estimate of drug-likeness (QED) is 0.895. The van der Waals surface area contributed by atoms with Crippen molar-refractivity contribution in [2.24, 2.45) is 0 Å². The molecule has 1 N–H and O–H groups in total. The highest BCUT2D eigenvalue weighted by molar-refractivity contribution is 6.03. The van der Waals surface area contributed by atoms with Crippen molar-refractivity contribution in [2.45, 2.75) is 58.4 Å². The standard InChI is InChI=1S/C18H26N2O/c1-3-11-20(12-4-2)17-16-14-8-6-5-7-13(14)9-10-15(16)19-18(17)21/h9-10,17H,3-8,11-12H2,1-2H3,(H,19,21). The Morgan fingerprint density at radius 3 is 2.57 bits per heavy atom. The molecule has 21 heavy (non-hydrogen) atoms. The van der Waals surface area contributed by atoms with Crippen molar-refractivity contribution in [2.75, 3.05) is 18.4 Å². The Morgan fingerprint density at radius 1 is 1.14 bits per heavy atom. The molecule has 1 aromatic rings. The Labute approximate surface area is 127 Å². The Hall–Kier alpha value is -1.35. The molecule has 1 aliphatic heterocycles. The van der Waals surface area contributed by atoms with E-state index in [2.05, 4.69) is 36.2 Å². The van der Waals surface area contributed by atoms with Gasteiger partial charge in [-0.1, -0.05) is 19.9 Å². The van der Waals surface area contributed by atoms with Crippen molar-refractivity contribution in [3.63, 3.8) is 0 Å². The normalized spacial score (nSPS) is 20.3. The number of amides is 1. The van der Waals surface area contributed by atoms with Crippen LogP contribution in [0.3, 0.4) is 0 Å². The van der Waals surface area contributed by atoms with Crippen LogP contribution < -0.4 is 5.32 Å². The van der Waals surface area contributed by atoms with Crippen LogP contribution in [0.15, 0.2) is 12.1 Å². The molecule has 0 bridgehead atoms. The number of aryl methyl sites for hydroxylation is 1. The van der Waals surface area contributed by atoms with Crippen LogP contribution in [0.2, 0.25) is 0 Å². The molecule has 3 heteroatoms. The van der Waals surface area contributed by atoms with E-state index >= 15 is 0 Å². The molecule has 1 aromatic carbocycles. The minimum atomic E-state index is -0.0621. The first-order valence-electron chi connectivity index (χ1n) is 8.45. The van der Waals surface area contributed by atoms with Crippen LogP contribution in [0.1, 0.15) is 62.3 Å². The molecule has 0 fully saturated rings. The molecule has 1 aliphatic carbocycles. The molecule has 1 atom stereocenters. The minimum absolute atomic E-state index is 0.0621. The van der Waals surface area contributed by atoms with Crippen molar-refractivity contribution in [1.29, 1.82) is 0 Å². The number of hydrogen-bond donors (Lipinski definition) is 1. The topological polar surface area (TPSA) is 32.3 Å². The molecule has 2 aliphatic rings. The van der Waals surface area contributed by atoms with Crippen LogP contribution in [0.4, 0.5) is 5.69 Å². The predicted octanol–water partition coefficient (Wildman–Crippen LogP) is 3.68. The van der Waals surface area contributed by atoms with Crippen molar-refractivity contribution in [3.05, 3.63) is 28.8 Å². The van der Waals surface area contributed by atoms with E-state index in [-0.39, 0.29) is 11.9 Å². The summed E-state index contributed by atoms with van der Waals surface area (Å²) in [6.07, 6.45) is 7.03. The number of carbonyl (C=O) groups is 1. The van der Waals surface area contributed by atoms with E-state index < -0.39 is 0 Å². The lowest BCUT2D eigenvalue weighted by atomic mass is 9.85. The van der Waals surface area contributed by atoms with Gasteiger partial charge in [-0.15, -0.1) is 0 Å². The predicted molar refractivity (Wildman–Crippen MR) is 86.6 cm³/mol. The lowest BCUT2D eigenvalue weighted by Gasteiger charge is -2.29. The molecule has 1 unspecified atom stereocenters. The number of nitrogens with one attached hydrogen (secondary N) is 1. The summed E-state index contributed by atoms with van der Waals surface area (Å²) in [6, 6.07) is 4.28. The van der Waals surface area contributed by atoms with Gasteiger partial charge in [0.1, 0.15) is 6.04 Å². The number of nitrogens with zero attached hydrogens (tertiary/aromatic N) is 1. The van der Waals surface area contributed by atoms with E-state index in [1.54, 1.807) is 0 Å². The van der Waals surface area contributed by atoms with Gasteiger partial charge in [0.25, 0.3) is 0 Å². The minimum Gasteiger partial charge on any atom is -0.324 e. The van der Waals surface area contributed by atoms with Crippen molar-refractivity contribution in [3.8, 4) is 0 Å². The second-order valence-electron chi connectivity index (χ2n) is 6.30. The molecule has 3 nitrogen and oxygen atoms in total. The first kappa shape index (κ1) is 14.6. The molecule has 0 saturated carbocycles. The maximum atomic E-state index is 12.6. The highest BCUT2D eigenvalue weighted by atomic mass is 16.2. The fourth-order valence-corrected chi connectivity index (χ4v) is 3.90.